The molecule has 2 aromatic heterocycles. The Balaban J connectivity index is 1.38. The fourth-order valence-corrected chi connectivity index (χ4v) is 4.92. The molecule has 8 nitrogen and oxygen atoms in total. The maximum atomic E-state index is 13.1. The monoisotopic (exact) mass is 485 g/mol. The summed E-state index contributed by atoms with van der Waals surface area (Å²) >= 11 is 6.00. The molecular formula is C25H32ClN5O3. The van der Waals surface area contributed by atoms with Crippen LogP contribution in [0.3, 0.4) is 0 Å². The lowest BCUT2D eigenvalue weighted by atomic mass is 9.98. The second-order valence-corrected chi connectivity index (χ2v) is 9.39. The molecule has 1 unspecified atom stereocenters. The van der Waals surface area contributed by atoms with Gasteiger partial charge in [-0.1, -0.05) is 50.1 Å². The number of halogens is 1. The van der Waals surface area contributed by atoms with Crippen LogP contribution in [0.25, 0.3) is 11.2 Å². The van der Waals surface area contributed by atoms with E-state index in [1.165, 1.54) is 10.1 Å². The second-order valence-electron chi connectivity index (χ2n) is 9.03. The van der Waals surface area contributed by atoms with E-state index in [0.717, 1.165) is 45.1 Å². The highest BCUT2D eigenvalue weighted by Gasteiger charge is 2.31. The number of aryl methyl sites for hydroxylation is 1. The third-order valence-corrected chi connectivity index (χ3v) is 6.79. The van der Waals surface area contributed by atoms with Crippen LogP contribution in [0.1, 0.15) is 51.0 Å². The smallest absolute Gasteiger partial charge is 0.332 e. The van der Waals surface area contributed by atoms with E-state index < -0.39 is 5.56 Å². The van der Waals surface area contributed by atoms with Crippen LogP contribution in [0.4, 0.5) is 0 Å². The normalized spacial score (nSPS) is 16.1. The van der Waals surface area contributed by atoms with Crippen LogP contribution in [0.5, 0.6) is 0 Å². The van der Waals surface area contributed by atoms with Crippen LogP contribution < -0.4 is 11.2 Å². The number of nitrogens with one attached hydrogen (secondary N) is 1. The van der Waals surface area contributed by atoms with E-state index in [1.54, 1.807) is 4.57 Å². The molecular weight excluding hydrogens is 454 g/mol. The maximum Gasteiger partial charge on any atom is 0.332 e. The first-order valence-corrected chi connectivity index (χ1v) is 12.6. The number of H-pyrrole nitrogens is 1. The first-order valence-electron chi connectivity index (χ1n) is 12.2. The zero-order valence-electron chi connectivity index (χ0n) is 19.6. The topological polar surface area (TPSA) is 93.0 Å². The van der Waals surface area contributed by atoms with E-state index in [0.29, 0.717) is 31.7 Å². The summed E-state index contributed by atoms with van der Waals surface area (Å²) in [5, 5.41) is 0.103. The van der Waals surface area contributed by atoms with Crippen molar-refractivity contribution in [1.82, 2.24) is 24.0 Å². The summed E-state index contributed by atoms with van der Waals surface area (Å²) in [6.07, 6.45) is 5.84. The number of carbonyl (C=O) groups excluding carboxylic acids is 1. The minimum absolute atomic E-state index is 0.0351. The number of fused-ring (bicyclic) bond motifs is 1. The third-order valence-electron chi connectivity index (χ3n) is 6.61. The summed E-state index contributed by atoms with van der Waals surface area (Å²) in [6.45, 7) is 4.30. The van der Waals surface area contributed by atoms with Gasteiger partial charge in [0.25, 0.3) is 5.56 Å². The highest BCUT2D eigenvalue weighted by atomic mass is 35.5. The summed E-state index contributed by atoms with van der Waals surface area (Å²) in [5.41, 5.74) is 1.02. The van der Waals surface area contributed by atoms with Crippen molar-refractivity contribution in [2.45, 2.75) is 65.0 Å². The van der Waals surface area contributed by atoms with E-state index in [-0.39, 0.29) is 28.3 Å². The average Bonchev–Trinajstić information content (AvgIpc) is 3.39. The Kier molecular flexibility index (Phi) is 7.88. The highest BCUT2D eigenvalue weighted by Crippen LogP contribution is 2.22. The van der Waals surface area contributed by atoms with Crippen molar-refractivity contribution in [3.8, 4) is 0 Å². The SMILES string of the molecule is CCCCCn1c(=O)n(CCCCN2CCC(Cc3ccccc3)C2=O)c(=O)c2[nH]c(Cl)nc21. The first kappa shape index (κ1) is 24.3. The van der Waals surface area contributed by atoms with Gasteiger partial charge in [0.05, 0.1) is 0 Å². The van der Waals surface area contributed by atoms with Crippen LogP contribution in [-0.4, -0.2) is 43.0 Å². The van der Waals surface area contributed by atoms with Crippen LogP contribution in [0.2, 0.25) is 5.28 Å². The maximum absolute atomic E-state index is 13.1. The van der Waals surface area contributed by atoms with Crippen molar-refractivity contribution in [2.75, 3.05) is 13.1 Å². The zero-order valence-corrected chi connectivity index (χ0v) is 20.4. The van der Waals surface area contributed by atoms with Crippen molar-refractivity contribution < 1.29 is 4.79 Å². The average molecular weight is 486 g/mol. The molecule has 1 N–H and O–H groups in total. The van der Waals surface area contributed by atoms with Crippen molar-refractivity contribution in [3.05, 3.63) is 62.0 Å². The van der Waals surface area contributed by atoms with Gasteiger partial charge in [-0.2, -0.15) is 4.98 Å². The van der Waals surface area contributed by atoms with Gasteiger partial charge in [0.1, 0.15) is 0 Å². The molecule has 1 amide bonds. The van der Waals surface area contributed by atoms with Crippen molar-refractivity contribution in [3.63, 3.8) is 0 Å². The number of amides is 1. The predicted molar refractivity (Wildman–Crippen MR) is 133 cm³/mol. The number of unbranched alkanes of at least 4 members (excludes halogenated alkanes) is 3. The molecule has 3 heterocycles. The lowest BCUT2D eigenvalue weighted by molar-refractivity contribution is -0.131. The molecule has 1 aromatic carbocycles. The quantitative estimate of drug-likeness (QED) is 0.331. The predicted octanol–water partition coefficient (Wildman–Crippen LogP) is 3.60. The fraction of sp³-hybridized carbons (Fsp3) is 0.520. The molecule has 1 fully saturated rings. The Morgan fingerprint density at radius 1 is 1.00 bits per heavy atom. The number of nitrogens with zero attached hydrogens (tertiary/aromatic N) is 4. The minimum atomic E-state index is -0.397. The summed E-state index contributed by atoms with van der Waals surface area (Å²) in [5.74, 6) is 0.237. The molecule has 0 bridgehead atoms. The van der Waals surface area contributed by atoms with E-state index >= 15 is 0 Å². The van der Waals surface area contributed by atoms with Gasteiger partial charge in [-0.3, -0.25) is 18.7 Å². The number of carbonyl (C=O) groups is 1. The van der Waals surface area contributed by atoms with Crippen molar-refractivity contribution in [1.29, 1.82) is 0 Å². The Morgan fingerprint density at radius 2 is 1.71 bits per heavy atom. The van der Waals surface area contributed by atoms with Gasteiger partial charge in [-0.15, -0.1) is 0 Å². The molecule has 1 saturated heterocycles. The van der Waals surface area contributed by atoms with Crippen LogP contribution in [0.15, 0.2) is 39.9 Å². The van der Waals surface area contributed by atoms with Gasteiger partial charge >= 0.3 is 5.69 Å². The van der Waals surface area contributed by atoms with Crippen LogP contribution in [-0.2, 0) is 24.3 Å². The van der Waals surface area contributed by atoms with Gasteiger partial charge in [-0.25, -0.2) is 4.79 Å². The van der Waals surface area contributed by atoms with Crippen molar-refractivity contribution >= 4 is 28.7 Å². The molecule has 4 rings (SSSR count). The lowest BCUT2D eigenvalue weighted by Crippen LogP contribution is -2.40. The Morgan fingerprint density at radius 3 is 2.47 bits per heavy atom. The second kappa shape index (κ2) is 11.0. The van der Waals surface area contributed by atoms with E-state index in [1.807, 2.05) is 23.1 Å². The molecule has 1 aliphatic heterocycles. The van der Waals surface area contributed by atoms with Gasteiger partial charge in [0, 0.05) is 32.1 Å². The molecule has 1 atom stereocenters. The molecule has 9 heteroatoms. The third kappa shape index (κ3) is 5.27. The molecule has 0 spiro atoms. The summed E-state index contributed by atoms with van der Waals surface area (Å²) in [6, 6.07) is 10.1. The van der Waals surface area contributed by atoms with Crippen LogP contribution in [0, 0.1) is 5.92 Å². The Hall–Kier alpha value is -2.87. The molecule has 182 valence electrons. The number of likely N-dealkylation sites (tertiary alicyclic amines) is 1. The molecule has 1 aliphatic rings. The molecule has 0 radical (unpaired) electrons. The number of rotatable bonds is 11. The number of aromatic nitrogens is 4. The number of aromatic amines is 1. The zero-order chi connectivity index (χ0) is 24.1. The van der Waals surface area contributed by atoms with E-state index in [4.69, 9.17) is 11.6 Å². The molecule has 0 aliphatic carbocycles. The van der Waals surface area contributed by atoms with Gasteiger partial charge in [-0.05, 0) is 49.3 Å². The van der Waals surface area contributed by atoms with E-state index in [2.05, 4.69) is 29.0 Å². The summed E-state index contributed by atoms with van der Waals surface area (Å²) in [4.78, 5) is 47.7. The molecule has 3 aromatic rings. The lowest BCUT2D eigenvalue weighted by Gasteiger charge is -2.17. The van der Waals surface area contributed by atoms with Gasteiger partial charge < -0.3 is 9.88 Å². The standard InChI is InChI=1S/C25H32ClN5O3/c1-2-3-7-14-30-21-20(27-24(26)28-21)23(33)31(25(30)34)15-9-8-13-29-16-12-19(22(29)32)17-18-10-5-4-6-11-18/h4-6,10-11,19H,2-3,7-9,12-17H2,1H3,(H,27,28). The molecule has 34 heavy (non-hydrogen) atoms. The first-order chi connectivity index (χ1) is 16.5. The number of benzene rings is 1. The Bertz CT molecular complexity index is 1250. The number of imidazole rings is 1. The summed E-state index contributed by atoms with van der Waals surface area (Å²) < 4.78 is 2.82. The largest absolute Gasteiger partial charge is 0.342 e. The van der Waals surface area contributed by atoms with Gasteiger partial charge in [0.2, 0.25) is 11.2 Å². The van der Waals surface area contributed by atoms with E-state index in [9.17, 15) is 14.4 Å². The minimum Gasteiger partial charge on any atom is -0.342 e. The highest BCUT2D eigenvalue weighted by molar-refractivity contribution is 6.28. The van der Waals surface area contributed by atoms with Gasteiger partial charge in [0.15, 0.2) is 11.2 Å². The van der Waals surface area contributed by atoms with Crippen LogP contribution >= 0.6 is 11.6 Å². The summed E-state index contributed by atoms with van der Waals surface area (Å²) in [7, 11) is 0. The molecule has 0 saturated carbocycles. The fourth-order valence-electron chi connectivity index (χ4n) is 4.74. The number of hydrogen-bond donors (Lipinski definition) is 1. The number of hydrogen-bond acceptors (Lipinski definition) is 4. The van der Waals surface area contributed by atoms with Crippen molar-refractivity contribution in [2.24, 2.45) is 5.92 Å². The Labute approximate surface area is 203 Å².